The normalized spacial score (nSPS) is 26.6. The Morgan fingerprint density at radius 2 is 2.05 bits per heavy atom. The van der Waals surface area contributed by atoms with Crippen molar-refractivity contribution < 1.29 is 0 Å². The lowest BCUT2D eigenvalue weighted by Gasteiger charge is -2.44. The first-order valence-corrected chi connectivity index (χ1v) is 7.65. The number of hydrogen-bond acceptors (Lipinski definition) is 3. The van der Waals surface area contributed by atoms with E-state index in [1.165, 1.54) is 19.3 Å². The lowest BCUT2D eigenvalue weighted by Crippen LogP contribution is -2.49. The smallest absolute Gasteiger partial charge is 0.150 e. The topological polar surface area (TPSA) is 42.7 Å². The second kappa shape index (κ2) is 5.61. The quantitative estimate of drug-likeness (QED) is 0.909. The molecule has 1 aromatic rings. The molecule has 0 aromatic carbocycles. The molecule has 2 atom stereocenters. The summed E-state index contributed by atoms with van der Waals surface area (Å²) in [5.74, 6) is 2.12. The van der Waals surface area contributed by atoms with Crippen molar-refractivity contribution in [3.63, 3.8) is 0 Å². The number of likely N-dealkylation sites (N-methyl/N-ethyl adjacent to an activating group) is 1. The molecule has 0 radical (unpaired) electrons. The Labute approximate surface area is 117 Å². The van der Waals surface area contributed by atoms with Crippen molar-refractivity contribution in [3.8, 4) is 0 Å². The van der Waals surface area contributed by atoms with Gasteiger partial charge in [-0.05, 0) is 25.3 Å². The Balaban J connectivity index is 2.35. The van der Waals surface area contributed by atoms with Crippen LogP contribution in [0.4, 0.5) is 0 Å². The van der Waals surface area contributed by atoms with Crippen LogP contribution in [0.2, 0.25) is 0 Å². The van der Waals surface area contributed by atoms with Crippen molar-refractivity contribution >= 4 is 0 Å². The molecule has 0 amide bonds. The van der Waals surface area contributed by atoms with Crippen LogP contribution in [0.5, 0.6) is 0 Å². The standard InChI is InChI=1S/C15H28N4/c1-6-12-17-13(7-2)19(18-12)11-9-8-10-15(3,4)14(11)16-5/h11,14,16H,6-10H2,1-5H3. The molecule has 4 nitrogen and oxygen atoms in total. The van der Waals surface area contributed by atoms with Gasteiger partial charge in [0.25, 0.3) is 0 Å². The molecular weight excluding hydrogens is 236 g/mol. The summed E-state index contributed by atoms with van der Waals surface area (Å²) in [6.07, 6.45) is 5.64. The first-order valence-electron chi connectivity index (χ1n) is 7.65. The molecule has 1 aromatic heterocycles. The Bertz CT molecular complexity index is 422. The van der Waals surface area contributed by atoms with Crippen LogP contribution >= 0.6 is 0 Å². The number of nitrogens with zero attached hydrogens (tertiary/aromatic N) is 3. The van der Waals surface area contributed by atoms with Crippen LogP contribution < -0.4 is 5.32 Å². The molecule has 2 unspecified atom stereocenters. The van der Waals surface area contributed by atoms with Gasteiger partial charge < -0.3 is 5.32 Å². The van der Waals surface area contributed by atoms with E-state index < -0.39 is 0 Å². The number of hydrogen-bond donors (Lipinski definition) is 1. The van der Waals surface area contributed by atoms with Crippen LogP contribution in [0, 0.1) is 5.41 Å². The largest absolute Gasteiger partial charge is 0.314 e. The summed E-state index contributed by atoms with van der Waals surface area (Å²) in [5, 5.41) is 8.29. The van der Waals surface area contributed by atoms with Gasteiger partial charge in [-0.1, -0.05) is 34.1 Å². The Hall–Kier alpha value is -0.900. The van der Waals surface area contributed by atoms with E-state index in [1.54, 1.807) is 0 Å². The fraction of sp³-hybridized carbons (Fsp3) is 0.867. The van der Waals surface area contributed by atoms with Gasteiger partial charge in [0.15, 0.2) is 5.82 Å². The van der Waals surface area contributed by atoms with Crippen molar-refractivity contribution in [1.82, 2.24) is 20.1 Å². The molecule has 19 heavy (non-hydrogen) atoms. The zero-order chi connectivity index (χ0) is 14.0. The molecule has 0 aliphatic heterocycles. The Morgan fingerprint density at radius 3 is 2.63 bits per heavy atom. The van der Waals surface area contributed by atoms with E-state index >= 15 is 0 Å². The predicted octanol–water partition coefficient (Wildman–Crippen LogP) is 2.74. The molecular formula is C15H28N4. The minimum absolute atomic E-state index is 0.320. The molecule has 2 rings (SSSR count). The van der Waals surface area contributed by atoms with Gasteiger partial charge in [0.2, 0.25) is 0 Å². The summed E-state index contributed by atoms with van der Waals surface area (Å²) < 4.78 is 2.21. The summed E-state index contributed by atoms with van der Waals surface area (Å²) in [7, 11) is 2.08. The first kappa shape index (κ1) is 14.5. The molecule has 1 aliphatic rings. The number of nitrogens with one attached hydrogen (secondary N) is 1. The van der Waals surface area contributed by atoms with E-state index in [-0.39, 0.29) is 0 Å². The third-order valence-corrected chi connectivity index (χ3v) is 4.55. The molecule has 1 heterocycles. The maximum absolute atomic E-state index is 4.75. The van der Waals surface area contributed by atoms with Crippen LogP contribution in [0.1, 0.15) is 64.6 Å². The first-order chi connectivity index (χ1) is 9.03. The SMILES string of the molecule is CCc1nc(CC)n(C2CCCC(C)(C)C2NC)n1. The second-order valence-corrected chi connectivity index (χ2v) is 6.31. The molecule has 1 fully saturated rings. The third kappa shape index (κ3) is 2.69. The van der Waals surface area contributed by atoms with Crippen molar-refractivity contribution in [3.05, 3.63) is 11.6 Å². The maximum atomic E-state index is 4.75. The third-order valence-electron chi connectivity index (χ3n) is 4.55. The van der Waals surface area contributed by atoms with Gasteiger partial charge >= 0.3 is 0 Å². The number of rotatable bonds is 4. The van der Waals surface area contributed by atoms with Crippen molar-refractivity contribution in [1.29, 1.82) is 0 Å². The van der Waals surface area contributed by atoms with E-state index in [4.69, 9.17) is 5.10 Å². The van der Waals surface area contributed by atoms with Crippen molar-refractivity contribution in [2.24, 2.45) is 5.41 Å². The van der Waals surface area contributed by atoms with Gasteiger partial charge in [-0.15, -0.1) is 0 Å². The van der Waals surface area contributed by atoms with Crippen LogP contribution in [0.3, 0.4) is 0 Å². The Kier molecular flexibility index (Phi) is 4.29. The fourth-order valence-corrected chi connectivity index (χ4v) is 3.52. The molecule has 1 aliphatic carbocycles. The highest BCUT2D eigenvalue weighted by atomic mass is 15.4. The van der Waals surface area contributed by atoms with E-state index in [0.717, 1.165) is 24.5 Å². The molecule has 108 valence electrons. The summed E-state index contributed by atoms with van der Waals surface area (Å²) >= 11 is 0. The predicted molar refractivity (Wildman–Crippen MR) is 78.3 cm³/mol. The monoisotopic (exact) mass is 264 g/mol. The van der Waals surface area contributed by atoms with Gasteiger partial charge in [-0.2, -0.15) is 5.10 Å². The average Bonchev–Trinajstić information content (AvgIpc) is 2.80. The van der Waals surface area contributed by atoms with Crippen LogP contribution in [0.15, 0.2) is 0 Å². The molecule has 0 bridgehead atoms. The molecule has 1 saturated carbocycles. The van der Waals surface area contributed by atoms with Crippen LogP contribution in [-0.2, 0) is 12.8 Å². The highest BCUT2D eigenvalue weighted by Gasteiger charge is 2.40. The van der Waals surface area contributed by atoms with E-state index in [0.29, 0.717) is 17.5 Å². The van der Waals surface area contributed by atoms with E-state index in [1.807, 2.05) is 0 Å². The molecule has 0 spiro atoms. The van der Waals surface area contributed by atoms with Crippen molar-refractivity contribution in [2.75, 3.05) is 7.05 Å². The summed E-state index contributed by atoms with van der Waals surface area (Å²) in [4.78, 5) is 4.66. The fourth-order valence-electron chi connectivity index (χ4n) is 3.52. The highest BCUT2D eigenvalue weighted by molar-refractivity contribution is 5.01. The lowest BCUT2D eigenvalue weighted by atomic mass is 9.71. The van der Waals surface area contributed by atoms with Gasteiger partial charge in [0, 0.05) is 18.9 Å². The average molecular weight is 264 g/mol. The molecule has 0 saturated heterocycles. The van der Waals surface area contributed by atoms with E-state index in [2.05, 4.69) is 49.7 Å². The van der Waals surface area contributed by atoms with E-state index in [9.17, 15) is 0 Å². The minimum atomic E-state index is 0.320. The zero-order valence-electron chi connectivity index (χ0n) is 13.0. The second-order valence-electron chi connectivity index (χ2n) is 6.31. The number of aromatic nitrogens is 3. The molecule has 4 heteroatoms. The van der Waals surface area contributed by atoms with Gasteiger partial charge in [-0.3, -0.25) is 0 Å². The molecule has 1 N–H and O–H groups in total. The van der Waals surface area contributed by atoms with Gasteiger partial charge in [0.1, 0.15) is 5.82 Å². The summed E-state index contributed by atoms with van der Waals surface area (Å²) in [6, 6.07) is 0.912. The van der Waals surface area contributed by atoms with Crippen molar-refractivity contribution in [2.45, 2.75) is 71.9 Å². The Morgan fingerprint density at radius 1 is 1.32 bits per heavy atom. The lowest BCUT2D eigenvalue weighted by molar-refractivity contribution is 0.110. The summed E-state index contributed by atoms with van der Waals surface area (Å²) in [5.41, 5.74) is 0.320. The number of aryl methyl sites for hydroxylation is 2. The highest BCUT2D eigenvalue weighted by Crippen LogP contribution is 2.41. The minimum Gasteiger partial charge on any atom is -0.314 e. The zero-order valence-corrected chi connectivity index (χ0v) is 13.0. The summed E-state index contributed by atoms with van der Waals surface area (Å²) in [6.45, 7) is 9.02. The van der Waals surface area contributed by atoms with Gasteiger partial charge in [0.05, 0.1) is 6.04 Å². The van der Waals surface area contributed by atoms with Gasteiger partial charge in [-0.25, -0.2) is 9.67 Å². The van der Waals surface area contributed by atoms with Crippen LogP contribution in [-0.4, -0.2) is 27.9 Å². The maximum Gasteiger partial charge on any atom is 0.150 e. The van der Waals surface area contributed by atoms with Crippen LogP contribution in [0.25, 0.3) is 0 Å².